The van der Waals surface area contributed by atoms with E-state index in [1.54, 1.807) is 12.1 Å². The molecular weight excluding hydrogens is 454 g/mol. The Morgan fingerprint density at radius 1 is 1.18 bits per heavy atom. The van der Waals surface area contributed by atoms with Crippen LogP contribution in [0, 0.1) is 5.82 Å². The van der Waals surface area contributed by atoms with Gasteiger partial charge in [-0.1, -0.05) is 0 Å². The largest absolute Gasteiger partial charge is 0.419 e. The molecule has 5 heterocycles. The number of nitrogens with zero attached hydrogens (tertiary/aromatic N) is 5. The van der Waals surface area contributed by atoms with Crippen molar-refractivity contribution in [3.05, 3.63) is 54.4 Å². The van der Waals surface area contributed by atoms with E-state index in [1.807, 2.05) is 6.92 Å². The summed E-state index contributed by atoms with van der Waals surface area (Å²) in [6.45, 7) is 3.83. The molecule has 1 fully saturated rings. The monoisotopic (exact) mass is 473 g/mol. The van der Waals surface area contributed by atoms with Gasteiger partial charge in [-0.15, -0.1) is 0 Å². The number of aromatic amines is 1. The van der Waals surface area contributed by atoms with Crippen LogP contribution in [-0.4, -0.2) is 50.7 Å². The molecule has 0 saturated carbocycles. The van der Waals surface area contributed by atoms with Gasteiger partial charge in [0.2, 0.25) is 5.95 Å². The molecule has 4 aromatic heterocycles. The summed E-state index contributed by atoms with van der Waals surface area (Å²) in [6.07, 6.45) is -0.222. The zero-order valence-electron chi connectivity index (χ0n) is 17.9. The van der Waals surface area contributed by atoms with Crippen LogP contribution in [0.4, 0.5) is 35.0 Å². The Kier molecular flexibility index (Phi) is 5.52. The number of pyridine rings is 2. The summed E-state index contributed by atoms with van der Waals surface area (Å²) >= 11 is 0. The second-order valence-corrected chi connectivity index (χ2v) is 7.86. The fourth-order valence-corrected chi connectivity index (χ4v) is 3.88. The standard InChI is InChI=1S/C22H19F4N7O/c1-12-11-34-5-4-33(12)18-3-2-15-16(9-28-20(15)31-18)19-17(22(24,25)26)10-29-21(32-19)30-14-6-13(23)7-27-8-14/h2-3,6-10,12H,4-5,11H2,1H3,(H,28,31)(H,29,30,32)/t12-/m0/s1. The molecule has 12 heteroatoms. The van der Waals surface area contributed by atoms with Gasteiger partial charge >= 0.3 is 6.18 Å². The van der Waals surface area contributed by atoms with Gasteiger partial charge in [0.05, 0.1) is 43.0 Å². The number of hydrogen-bond acceptors (Lipinski definition) is 7. The van der Waals surface area contributed by atoms with Crippen molar-refractivity contribution in [3.8, 4) is 11.3 Å². The lowest BCUT2D eigenvalue weighted by molar-refractivity contribution is -0.137. The molecule has 1 aliphatic heterocycles. The number of alkyl halides is 3. The smallest absolute Gasteiger partial charge is 0.377 e. The van der Waals surface area contributed by atoms with Gasteiger partial charge in [0.25, 0.3) is 0 Å². The van der Waals surface area contributed by atoms with Gasteiger partial charge in [0, 0.05) is 36.0 Å². The van der Waals surface area contributed by atoms with Crippen LogP contribution in [0.1, 0.15) is 12.5 Å². The Hall–Kier alpha value is -3.80. The first-order chi connectivity index (χ1) is 16.3. The highest BCUT2D eigenvalue weighted by atomic mass is 19.4. The number of rotatable bonds is 4. The molecule has 0 bridgehead atoms. The van der Waals surface area contributed by atoms with Gasteiger partial charge in [0.1, 0.15) is 22.8 Å². The molecule has 4 aromatic rings. The Bertz CT molecular complexity index is 1340. The van der Waals surface area contributed by atoms with Crippen molar-refractivity contribution in [1.82, 2.24) is 24.9 Å². The molecular formula is C22H19F4N7O. The summed E-state index contributed by atoms with van der Waals surface area (Å²) in [5.74, 6) is -0.0295. The highest BCUT2D eigenvalue weighted by molar-refractivity contribution is 5.94. The fraction of sp³-hybridized carbons (Fsp3) is 0.273. The maximum Gasteiger partial charge on any atom is 0.419 e. The molecule has 34 heavy (non-hydrogen) atoms. The Morgan fingerprint density at radius 3 is 2.79 bits per heavy atom. The highest BCUT2D eigenvalue weighted by Gasteiger charge is 2.36. The third-order valence-electron chi connectivity index (χ3n) is 5.50. The van der Waals surface area contributed by atoms with E-state index < -0.39 is 17.6 Å². The van der Waals surface area contributed by atoms with Crippen LogP contribution < -0.4 is 10.2 Å². The SMILES string of the molecule is C[C@H]1COCCN1c1ccc2c(-c3nc(Nc4cncc(F)c4)ncc3C(F)(F)F)c[nH]c2n1. The number of hydrogen-bond donors (Lipinski definition) is 2. The zero-order valence-corrected chi connectivity index (χ0v) is 17.9. The molecule has 1 atom stereocenters. The molecule has 0 spiro atoms. The van der Waals surface area contributed by atoms with E-state index in [-0.39, 0.29) is 28.9 Å². The predicted octanol–water partition coefficient (Wildman–Crippen LogP) is 4.54. The lowest BCUT2D eigenvalue weighted by atomic mass is 10.1. The number of halogens is 4. The Labute approximate surface area is 191 Å². The lowest BCUT2D eigenvalue weighted by Crippen LogP contribution is -2.44. The third kappa shape index (κ3) is 4.23. The quantitative estimate of drug-likeness (QED) is 0.421. The van der Waals surface area contributed by atoms with E-state index in [2.05, 4.69) is 35.1 Å². The van der Waals surface area contributed by atoms with Crippen LogP contribution in [0.15, 0.2) is 43.0 Å². The van der Waals surface area contributed by atoms with Gasteiger partial charge in [-0.25, -0.2) is 19.3 Å². The molecule has 2 N–H and O–H groups in total. The summed E-state index contributed by atoms with van der Waals surface area (Å²) in [7, 11) is 0. The maximum atomic E-state index is 13.8. The Morgan fingerprint density at radius 2 is 2.03 bits per heavy atom. The topological polar surface area (TPSA) is 91.9 Å². The Balaban J connectivity index is 1.56. The summed E-state index contributed by atoms with van der Waals surface area (Å²) < 4.78 is 60.3. The van der Waals surface area contributed by atoms with Gasteiger partial charge in [-0.3, -0.25) is 4.98 Å². The van der Waals surface area contributed by atoms with Crippen molar-refractivity contribution in [1.29, 1.82) is 0 Å². The second kappa shape index (κ2) is 8.52. The molecule has 0 aliphatic carbocycles. The molecule has 0 aromatic carbocycles. The number of H-pyrrole nitrogens is 1. The first-order valence-corrected chi connectivity index (χ1v) is 10.4. The van der Waals surface area contributed by atoms with Crippen molar-refractivity contribution in [3.63, 3.8) is 0 Å². The van der Waals surface area contributed by atoms with Crippen LogP contribution in [0.3, 0.4) is 0 Å². The van der Waals surface area contributed by atoms with E-state index in [0.29, 0.717) is 42.8 Å². The second-order valence-electron chi connectivity index (χ2n) is 7.86. The average Bonchev–Trinajstić information content (AvgIpc) is 3.22. The molecule has 176 valence electrons. The van der Waals surface area contributed by atoms with E-state index in [9.17, 15) is 17.6 Å². The minimum Gasteiger partial charge on any atom is -0.377 e. The van der Waals surface area contributed by atoms with E-state index >= 15 is 0 Å². The van der Waals surface area contributed by atoms with Crippen LogP contribution in [0.2, 0.25) is 0 Å². The fourth-order valence-electron chi connectivity index (χ4n) is 3.88. The third-order valence-corrected chi connectivity index (χ3v) is 5.50. The first-order valence-electron chi connectivity index (χ1n) is 10.4. The van der Waals surface area contributed by atoms with Crippen molar-refractivity contribution in [2.24, 2.45) is 0 Å². The van der Waals surface area contributed by atoms with Gasteiger partial charge < -0.3 is 19.9 Å². The van der Waals surface area contributed by atoms with Crippen molar-refractivity contribution in [2.75, 3.05) is 30.0 Å². The average molecular weight is 473 g/mol. The summed E-state index contributed by atoms with van der Waals surface area (Å²) in [5.41, 5.74) is -0.464. The van der Waals surface area contributed by atoms with Crippen molar-refractivity contribution >= 4 is 28.5 Å². The van der Waals surface area contributed by atoms with E-state index in [1.165, 1.54) is 12.4 Å². The number of aromatic nitrogens is 5. The zero-order chi connectivity index (χ0) is 23.9. The molecule has 8 nitrogen and oxygen atoms in total. The number of anilines is 3. The number of nitrogens with one attached hydrogen (secondary N) is 2. The van der Waals surface area contributed by atoms with Crippen molar-refractivity contribution in [2.45, 2.75) is 19.1 Å². The van der Waals surface area contributed by atoms with Gasteiger partial charge in [-0.2, -0.15) is 13.2 Å². The molecule has 0 unspecified atom stereocenters. The lowest BCUT2D eigenvalue weighted by Gasteiger charge is -2.34. The summed E-state index contributed by atoms with van der Waals surface area (Å²) in [6, 6.07) is 4.75. The molecule has 0 radical (unpaired) electrons. The molecule has 0 amide bonds. The van der Waals surface area contributed by atoms with Crippen LogP contribution >= 0.6 is 0 Å². The van der Waals surface area contributed by atoms with E-state index in [0.717, 1.165) is 12.3 Å². The van der Waals surface area contributed by atoms with Gasteiger partial charge in [-0.05, 0) is 19.1 Å². The van der Waals surface area contributed by atoms with E-state index in [4.69, 9.17) is 4.74 Å². The summed E-state index contributed by atoms with van der Waals surface area (Å²) in [4.78, 5) is 21.2. The summed E-state index contributed by atoms with van der Waals surface area (Å²) in [5, 5.41) is 3.17. The molecule has 1 saturated heterocycles. The maximum absolute atomic E-state index is 13.8. The minimum absolute atomic E-state index is 0.123. The van der Waals surface area contributed by atoms with Gasteiger partial charge in [0.15, 0.2) is 0 Å². The van der Waals surface area contributed by atoms with Crippen LogP contribution in [0.5, 0.6) is 0 Å². The number of ether oxygens (including phenoxy) is 1. The predicted molar refractivity (Wildman–Crippen MR) is 117 cm³/mol. The van der Waals surface area contributed by atoms with Crippen molar-refractivity contribution < 1.29 is 22.3 Å². The normalized spacial score (nSPS) is 16.7. The number of morpholine rings is 1. The molecule has 5 rings (SSSR count). The van der Waals surface area contributed by atoms with Crippen LogP contribution in [0.25, 0.3) is 22.3 Å². The minimum atomic E-state index is -4.69. The van der Waals surface area contributed by atoms with Crippen LogP contribution in [-0.2, 0) is 10.9 Å². The first kappa shape index (κ1) is 22.0. The highest BCUT2D eigenvalue weighted by Crippen LogP contribution is 2.39. The molecule has 1 aliphatic rings. The number of fused-ring (bicyclic) bond motifs is 1.